The predicted octanol–water partition coefficient (Wildman–Crippen LogP) is 3.29. The molecule has 3 rings (SSSR count). The number of rotatable bonds is 7. The third-order valence-corrected chi connectivity index (χ3v) is 4.17. The average Bonchev–Trinajstić information content (AvgIpc) is 3.29. The van der Waals surface area contributed by atoms with E-state index in [1.165, 1.54) is 37.2 Å². The summed E-state index contributed by atoms with van der Waals surface area (Å²) in [6.45, 7) is -2.35. The Kier molecular flexibility index (Phi) is 6.01. The average molecular weight is 400 g/mol. The van der Waals surface area contributed by atoms with Gasteiger partial charge in [0.1, 0.15) is 6.10 Å². The van der Waals surface area contributed by atoms with Gasteiger partial charge in [0, 0.05) is 12.2 Å². The summed E-state index contributed by atoms with van der Waals surface area (Å²) in [7, 11) is 2.69. The number of H-pyrrole nitrogens is 1. The molecular formula is C16H18F2N4O4S. The van der Waals surface area contributed by atoms with Gasteiger partial charge in [-0.05, 0) is 37.2 Å². The van der Waals surface area contributed by atoms with Crippen LogP contribution in [-0.4, -0.2) is 48.5 Å². The van der Waals surface area contributed by atoms with E-state index in [-0.39, 0.29) is 23.4 Å². The first kappa shape index (κ1) is 19.2. The maximum atomic E-state index is 12.6. The second-order valence-corrected chi connectivity index (χ2v) is 5.96. The lowest BCUT2D eigenvalue weighted by Gasteiger charge is -2.14. The number of ether oxygens (including phenoxy) is 4. The second-order valence-electron chi connectivity index (χ2n) is 5.58. The fourth-order valence-electron chi connectivity index (χ4n) is 2.71. The van der Waals surface area contributed by atoms with Crippen LogP contribution in [0.4, 0.5) is 8.78 Å². The molecule has 0 aliphatic carbocycles. The van der Waals surface area contributed by atoms with Crippen molar-refractivity contribution in [2.45, 2.75) is 25.6 Å². The lowest BCUT2D eigenvalue weighted by Crippen LogP contribution is -2.07. The van der Waals surface area contributed by atoms with Crippen molar-refractivity contribution in [1.29, 1.82) is 0 Å². The van der Waals surface area contributed by atoms with Gasteiger partial charge in [-0.15, -0.1) is 0 Å². The lowest BCUT2D eigenvalue weighted by atomic mass is 10.2. The van der Waals surface area contributed by atoms with Crippen molar-refractivity contribution in [1.82, 2.24) is 14.9 Å². The largest absolute Gasteiger partial charge is 0.493 e. The molecule has 0 bridgehead atoms. The van der Waals surface area contributed by atoms with Gasteiger partial charge in [-0.25, -0.2) is 0 Å². The molecule has 0 unspecified atom stereocenters. The standard InChI is InChI=1S/C16H18F2N4O4S/c1-23-11-6-9(7-12(24-2)13(11)26-15(17)18)8-19-22-14(20-21-16(22)27)10-4-3-5-25-10/h6-8,10,15H,3-5H2,1-2H3,(H,21,27)/b19-8-/t10-/m0/s1. The fraction of sp³-hybridized carbons (Fsp3) is 0.438. The number of nitrogens with zero attached hydrogens (tertiary/aromatic N) is 3. The number of hydrogen-bond donors (Lipinski definition) is 1. The second kappa shape index (κ2) is 8.44. The van der Waals surface area contributed by atoms with Crippen LogP contribution in [-0.2, 0) is 4.74 Å². The van der Waals surface area contributed by atoms with Gasteiger partial charge in [0.2, 0.25) is 10.5 Å². The van der Waals surface area contributed by atoms with Crippen molar-refractivity contribution in [3.8, 4) is 17.2 Å². The zero-order valence-electron chi connectivity index (χ0n) is 14.6. The monoisotopic (exact) mass is 400 g/mol. The van der Waals surface area contributed by atoms with Gasteiger partial charge in [-0.2, -0.15) is 23.7 Å². The highest BCUT2D eigenvalue weighted by atomic mass is 32.1. The molecule has 146 valence electrons. The van der Waals surface area contributed by atoms with Gasteiger partial charge in [0.05, 0.1) is 20.4 Å². The molecule has 0 radical (unpaired) electrons. The Bertz CT molecular complexity index is 853. The molecule has 1 atom stereocenters. The van der Waals surface area contributed by atoms with Gasteiger partial charge >= 0.3 is 6.61 Å². The zero-order chi connectivity index (χ0) is 19.4. The van der Waals surface area contributed by atoms with Crippen LogP contribution in [0.1, 0.15) is 30.3 Å². The van der Waals surface area contributed by atoms with Crippen molar-refractivity contribution >= 4 is 18.4 Å². The van der Waals surface area contributed by atoms with Crippen LogP contribution < -0.4 is 14.2 Å². The zero-order valence-corrected chi connectivity index (χ0v) is 15.5. The number of alkyl halides is 2. The van der Waals surface area contributed by atoms with Crippen molar-refractivity contribution in [2.75, 3.05) is 20.8 Å². The summed E-state index contributed by atoms with van der Waals surface area (Å²) >= 11 is 5.21. The molecule has 0 saturated carbocycles. The summed E-state index contributed by atoms with van der Waals surface area (Å²) in [6.07, 6.45) is 3.08. The number of methoxy groups -OCH3 is 2. The summed E-state index contributed by atoms with van der Waals surface area (Å²) < 4.78 is 47.4. The lowest BCUT2D eigenvalue weighted by molar-refractivity contribution is -0.0526. The highest BCUT2D eigenvalue weighted by Gasteiger charge is 2.23. The van der Waals surface area contributed by atoms with Crippen LogP contribution in [0.25, 0.3) is 0 Å². The molecule has 0 spiro atoms. The number of nitrogens with one attached hydrogen (secondary N) is 1. The van der Waals surface area contributed by atoms with Crippen LogP contribution in [0.2, 0.25) is 0 Å². The molecule has 2 aromatic rings. The van der Waals surface area contributed by atoms with Crippen molar-refractivity contribution < 1.29 is 27.7 Å². The van der Waals surface area contributed by atoms with Gasteiger partial charge in [0.15, 0.2) is 17.3 Å². The molecule has 1 fully saturated rings. The summed E-state index contributed by atoms with van der Waals surface area (Å²) in [5.41, 5.74) is 0.534. The summed E-state index contributed by atoms with van der Waals surface area (Å²) in [6, 6.07) is 3.00. The summed E-state index contributed by atoms with van der Waals surface area (Å²) in [4.78, 5) is 0. The maximum absolute atomic E-state index is 12.6. The van der Waals surface area contributed by atoms with Crippen LogP contribution in [0.5, 0.6) is 17.2 Å². The number of hydrogen-bond acceptors (Lipinski definition) is 7. The van der Waals surface area contributed by atoms with Crippen molar-refractivity contribution in [3.63, 3.8) is 0 Å². The Morgan fingerprint density at radius 1 is 1.37 bits per heavy atom. The minimum atomic E-state index is -3.01. The Morgan fingerprint density at radius 2 is 2.07 bits per heavy atom. The molecule has 2 heterocycles. The van der Waals surface area contributed by atoms with E-state index in [1.807, 2.05) is 0 Å². The van der Waals surface area contributed by atoms with E-state index in [9.17, 15) is 8.78 Å². The number of benzene rings is 1. The normalized spacial score (nSPS) is 17.0. The smallest absolute Gasteiger partial charge is 0.387 e. The summed E-state index contributed by atoms with van der Waals surface area (Å²) in [5, 5.41) is 11.2. The number of aromatic amines is 1. The van der Waals surface area contributed by atoms with E-state index < -0.39 is 6.61 Å². The predicted molar refractivity (Wildman–Crippen MR) is 94.5 cm³/mol. The molecule has 11 heteroatoms. The third-order valence-electron chi connectivity index (χ3n) is 3.91. The van der Waals surface area contributed by atoms with Crippen molar-refractivity contribution in [3.05, 3.63) is 28.3 Å². The topological polar surface area (TPSA) is 82.9 Å². The third kappa shape index (κ3) is 4.25. The first-order valence-corrected chi connectivity index (χ1v) is 8.48. The minimum absolute atomic E-state index is 0.0891. The molecule has 1 N–H and O–H groups in total. The van der Waals surface area contributed by atoms with Crippen LogP contribution in [0.3, 0.4) is 0 Å². The summed E-state index contributed by atoms with van der Waals surface area (Å²) in [5.74, 6) is 0.565. The number of halogens is 2. The molecule has 1 aromatic carbocycles. The quantitative estimate of drug-likeness (QED) is 0.567. The Morgan fingerprint density at radius 3 is 2.63 bits per heavy atom. The fourth-order valence-corrected chi connectivity index (χ4v) is 2.90. The van der Waals surface area contributed by atoms with E-state index in [0.717, 1.165) is 12.8 Å². The molecule has 1 aliphatic heterocycles. The van der Waals surface area contributed by atoms with E-state index >= 15 is 0 Å². The first-order chi connectivity index (χ1) is 13.0. The van der Waals surface area contributed by atoms with Crippen LogP contribution in [0, 0.1) is 4.77 Å². The molecule has 27 heavy (non-hydrogen) atoms. The molecular weight excluding hydrogens is 382 g/mol. The molecule has 0 amide bonds. The van der Waals surface area contributed by atoms with Gasteiger partial charge < -0.3 is 18.9 Å². The van der Waals surface area contributed by atoms with Crippen molar-refractivity contribution in [2.24, 2.45) is 5.10 Å². The molecule has 1 saturated heterocycles. The van der Waals surface area contributed by atoms with E-state index in [4.69, 9.17) is 26.4 Å². The highest BCUT2D eigenvalue weighted by molar-refractivity contribution is 7.71. The molecule has 1 aliphatic rings. The molecule has 8 nitrogen and oxygen atoms in total. The Labute approximate surface area is 158 Å². The minimum Gasteiger partial charge on any atom is -0.493 e. The van der Waals surface area contributed by atoms with Gasteiger partial charge in [0.25, 0.3) is 0 Å². The van der Waals surface area contributed by atoms with Gasteiger partial charge in [-0.3, -0.25) is 5.10 Å². The van der Waals surface area contributed by atoms with E-state index in [1.54, 1.807) is 0 Å². The number of aromatic nitrogens is 3. The first-order valence-electron chi connectivity index (χ1n) is 8.07. The SMILES string of the molecule is COc1cc(/C=N\n2c([C@@H]3CCCO3)n[nH]c2=S)cc(OC)c1OC(F)F. The Hall–Kier alpha value is -2.53. The van der Waals surface area contributed by atoms with E-state index in [0.29, 0.717) is 22.8 Å². The van der Waals surface area contributed by atoms with Crippen LogP contribution >= 0.6 is 12.2 Å². The van der Waals surface area contributed by atoms with Gasteiger partial charge in [-0.1, -0.05) is 0 Å². The maximum Gasteiger partial charge on any atom is 0.387 e. The Balaban J connectivity index is 1.94. The van der Waals surface area contributed by atoms with E-state index in [2.05, 4.69) is 20.0 Å². The van der Waals surface area contributed by atoms with Crippen LogP contribution in [0.15, 0.2) is 17.2 Å². The molecule has 1 aromatic heterocycles. The highest BCUT2D eigenvalue weighted by Crippen LogP contribution is 2.39.